The Morgan fingerprint density at radius 1 is 1.00 bits per heavy atom. The normalized spacial score (nSPS) is 9.19. The van der Waals surface area contributed by atoms with Crippen molar-refractivity contribution in [1.82, 2.24) is 9.97 Å². The third-order valence-corrected chi connectivity index (χ3v) is 2.05. The Hall–Kier alpha value is -1.70. The minimum Gasteiger partial charge on any atom is -0.241 e. The van der Waals surface area contributed by atoms with E-state index in [4.69, 9.17) is 0 Å². The molecule has 0 spiro atoms. The Morgan fingerprint density at radius 2 is 1.69 bits per heavy atom. The lowest BCUT2D eigenvalue weighted by Gasteiger charge is -2.00. The van der Waals surface area contributed by atoms with Crippen LogP contribution in [0, 0.1) is 6.92 Å². The molecule has 0 aliphatic rings. The number of nitrogens with zero attached hydrogens (tertiary/aromatic N) is 2. The van der Waals surface area contributed by atoms with Crippen molar-refractivity contribution in [2.24, 2.45) is 0 Å². The molecule has 0 fully saturated rings. The molecule has 2 heteroatoms. The smallest absolute Gasteiger partial charge is 0.132 e. The highest BCUT2D eigenvalue weighted by Crippen LogP contribution is 2.04. The first-order chi connectivity index (χ1) is 7.84. The minimum absolute atomic E-state index is 0.808. The Labute approximate surface area is 97.4 Å². The van der Waals surface area contributed by atoms with Crippen molar-refractivity contribution in [3.05, 3.63) is 59.7 Å². The fourth-order valence-corrected chi connectivity index (χ4v) is 1.36. The molecule has 0 saturated heterocycles. The molecule has 1 aromatic carbocycles. The maximum Gasteiger partial charge on any atom is 0.132 e. The third kappa shape index (κ3) is 3.81. The van der Waals surface area contributed by atoms with Crippen LogP contribution in [0.2, 0.25) is 0 Å². The molecule has 16 heavy (non-hydrogen) atoms. The molecule has 0 radical (unpaired) electrons. The Balaban J connectivity index is 0.000000606. The predicted octanol–water partition coefficient (Wildman–Crippen LogP) is 3.40. The molecule has 0 unspecified atom stereocenters. The van der Waals surface area contributed by atoms with Crippen molar-refractivity contribution < 1.29 is 0 Å². The monoisotopic (exact) mass is 214 g/mol. The molecule has 1 heterocycles. The van der Waals surface area contributed by atoms with Crippen molar-refractivity contribution >= 4 is 0 Å². The van der Waals surface area contributed by atoms with Gasteiger partial charge in [-0.1, -0.05) is 44.2 Å². The van der Waals surface area contributed by atoms with E-state index in [-0.39, 0.29) is 0 Å². The first kappa shape index (κ1) is 12.4. The van der Waals surface area contributed by atoms with Gasteiger partial charge in [0, 0.05) is 18.3 Å². The van der Waals surface area contributed by atoms with Gasteiger partial charge < -0.3 is 0 Å². The van der Waals surface area contributed by atoms with Crippen LogP contribution < -0.4 is 0 Å². The van der Waals surface area contributed by atoms with E-state index >= 15 is 0 Å². The van der Waals surface area contributed by atoms with E-state index in [1.807, 2.05) is 45.0 Å². The highest BCUT2D eigenvalue weighted by molar-refractivity contribution is 5.19. The van der Waals surface area contributed by atoms with Crippen LogP contribution in [-0.2, 0) is 6.42 Å². The molecule has 0 aliphatic carbocycles. The van der Waals surface area contributed by atoms with Gasteiger partial charge >= 0.3 is 0 Å². The molecular weight excluding hydrogens is 196 g/mol. The SMILES string of the molecule is CC.Cc1ccnc(Cc2ccccc2)n1. The van der Waals surface area contributed by atoms with Gasteiger partial charge in [-0.15, -0.1) is 0 Å². The number of hydrogen-bond acceptors (Lipinski definition) is 2. The van der Waals surface area contributed by atoms with Crippen LogP contribution in [0.15, 0.2) is 42.6 Å². The second kappa shape index (κ2) is 6.72. The molecule has 84 valence electrons. The number of aryl methyl sites for hydroxylation is 1. The van der Waals surface area contributed by atoms with Crippen LogP contribution in [-0.4, -0.2) is 9.97 Å². The molecule has 0 bridgehead atoms. The standard InChI is InChI=1S/C12H12N2.C2H6/c1-10-7-8-13-12(14-10)9-11-5-3-2-4-6-11;1-2/h2-8H,9H2,1H3;1-2H3. The predicted molar refractivity (Wildman–Crippen MR) is 67.4 cm³/mol. The summed E-state index contributed by atoms with van der Waals surface area (Å²) in [5.41, 5.74) is 2.27. The zero-order chi connectivity index (χ0) is 11.8. The van der Waals surface area contributed by atoms with Gasteiger partial charge in [-0.2, -0.15) is 0 Å². The molecule has 2 rings (SSSR count). The van der Waals surface area contributed by atoms with Crippen LogP contribution in [0.3, 0.4) is 0 Å². The third-order valence-electron chi connectivity index (χ3n) is 2.05. The molecule has 0 aliphatic heterocycles. The lowest BCUT2D eigenvalue weighted by atomic mass is 10.1. The van der Waals surface area contributed by atoms with Gasteiger partial charge in [0.1, 0.15) is 5.82 Å². The molecular formula is C14H18N2. The van der Waals surface area contributed by atoms with Crippen molar-refractivity contribution in [2.45, 2.75) is 27.2 Å². The number of hydrogen-bond donors (Lipinski definition) is 0. The molecule has 0 N–H and O–H groups in total. The fraction of sp³-hybridized carbons (Fsp3) is 0.286. The Morgan fingerprint density at radius 3 is 2.31 bits per heavy atom. The largest absolute Gasteiger partial charge is 0.241 e. The molecule has 2 nitrogen and oxygen atoms in total. The van der Waals surface area contributed by atoms with Crippen molar-refractivity contribution in [3.8, 4) is 0 Å². The summed E-state index contributed by atoms with van der Waals surface area (Å²) in [6.45, 7) is 5.98. The van der Waals surface area contributed by atoms with Gasteiger partial charge in [-0.25, -0.2) is 9.97 Å². The second-order valence-electron chi connectivity index (χ2n) is 3.28. The number of aromatic nitrogens is 2. The van der Waals surface area contributed by atoms with Gasteiger partial charge in [0.25, 0.3) is 0 Å². The van der Waals surface area contributed by atoms with E-state index in [1.54, 1.807) is 6.20 Å². The number of rotatable bonds is 2. The summed E-state index contributed by atoms with van der Waals surface area (Å²) in [6.07, 6.45) is 2.61. The first-order valence-corrected chi connectivity index (χ1v) is 5.67. The summed E-state index contributed by atoms with van der Waals surface area (Å²) in [5.74, 6) is 0.885. The van der Waals surface area contributed by atoms with E-state index in [9.17, 15) is 0 Å². The van der Waals surface area contributed by atoms with Crippen molar-refractivity contribution in [2.75, 3.05) is 0 Å². The van der Waals surface area contributed by atoms with E-state index in [2.05, 4.69) is 22.1 Å². The maximum absolute atomic E-state index is 4.36. The molecule has 0 saturated carbocycles. The van der Waals surface area contributed by atoms with Crippen molar-refractivity contribution in [1.29, 1.82) is 0 Å². The Bertz CT molecular complexity index is 410. The fourth-order valence-electron chi connectivity index (χ4n) is 1.36. The van der Waals surface area contributed by atoms with E-state index in [1.165, 1.54) is 5.56 Å². The summed E-state index contributed by atoms with van der Waals surface area (Å²) in [4.78, 5) is 8.58. The zero-order valence-corrected chi connectivity index (χ0v) is 10.1. The summed E-state index contributed by atoms with van der Waals surface area (Å²) in [7, 11) is 0. The van der Waals surface area contributed by atoms with E-state index in [0.29, 0.717) is 0 Å². The van der Waals surface area contributed by atoms with Crippen LogP contribution >= 0.6 is 0 Å². The van der Waals surface area contributed by atoms with Crippen LogP contribution in [0.4, 0.5) is 0 Å². The van der Waals surface area contributed by atoms with Gasteiger partial charge in [0.05, 0.1) is 0 Å². The van der Waals surface area contributed by atoms with Gasteiger partial charge in [0.2, 0.25) is 0 Å². The van der Waals surface area contributed by atoms with Crippen LogP contribution in [0.25, 0.3) is 0 Å². The van der Waals surface area contributed by atoms with Gasteiger partial charge in [-0.3, -0.25) is 0 Å². The average Bonchev–Trinajstić information content (AvgIpc) is 2.33. The molecule has 2 aromatic rings. The summed E-state index contributed by atoms with van der Waals surface area (Å²) < 4.78 is 0. The van der Waals surface area contributed by atoms with Gasteiger partial charge in [0.15, 0.2) is 0 Å². The van der Waals surface area contributed by atoms with E-state index in [0.717, 1.165) is 17.9 Å². The lowest BCUT2D eigenvalue weighted by Crippen LogP contribution is -1.96. The first-order valence-electron chi connectivity index (χ1n) is 5.67. The minimum atomic E-state index is 0.808. The molecule has 0 atom stereocenters. The summed E-state index contributed by atoms with van der Waals surface area (Å²) >= 11 is 0. The highest BCUT2D eigenvalue weighted by atomic mass is 14.9. The summed E-state index contributed by atoms with van der Waals surface area (Å²) in [6, 6.07) is 12.2. The Kier molecular flexibility index (Phi) is 5.20. The molecule has 1 aromatic heterocycles. The summed E-state index contributed by atoms with van der Waals surface area (Å²) in [5, 5.41) is 0. The quantitative estimate of drug-likeness (QED) is 0.765. The van der Waals surface area contributed by atoms with Crippen LogP contribution in [0.5, 0.6) is 0 Å². The van der Waals surface area contributed by atoms with Crippen LogP contribution in [0.1, 0.15) is 30.9 Å². The van der Waals surface area contributed by atoms with Crippen molar-refractivity contribution in [3.63, 3.8) is 0 Å². The lowest BCUT2D eigenvalue weighted by molar-refractivity contribution is 0.942. The second-order valence-corrected chi connectivity index (χ2v) is 3.28. The molecule has 0 amide bonds. The average molecular weight is 214 g/mol. The zero-order valence-electron chi connectivity index (χ0n) is 10.1. The van der Waals surface area contributed by atoms with E-state index < -0.39 is 0 Å². The highest BCUT2D eigenvalue weighted by Gasteiger charge is 1.97. The number of benzene rings is 1. The maximum atomic E-state index is 4.36. The topological polar surface area (TPSA) is 25.8 Å². The van der Waals surface area contributed by atoms with Gasteiger partial charge in [-0.05, 0) is 18.6 Å².